The molecule has 14 rings (SSSR count). The highest BCUT2D eigenvalue weighted by molar-refractivity contribution is 6.15. The van der Waals surface area contributed by atoms with Crippen molar-refractivity contribution < 1.29 is 0 Å². The van der Waals surface area contributed by atoms with E-state index in [2.05, 4.69) is 252 Å². The molecule has 0 N–H and O–H groups in total. The fourth-order valence-corrected chi connectivity index (χ4v) is 11.4. The number of hydrogen-bond donors (Lipinski definition) is 0. The molecular weight excluding hydrogens is 837 g/mol. The van der Waals surface area contributed by atoms with E-state index in [1.165, 1.54) is 66.0 Å². The fourth-order valence-electron chi connectivity index (χ4n) is 11.4. The van der Waals surface area contributed by atoms with Crippen LogP contribution >= 0.6 is 0 Å². The predicted molar refractivity (Wildman–Crippen MR) is 284 cm³/mol. The van der Waals surface area contributed by atoms with Crippen LogP contribution < -0.4 is 0 Å². The molecule has 10 aromatic carbocycles. The first-order chi connectivity index (χ1) is 34.2. The van der Waals surface area contributed by atoms with Gasteiger partial charge in [-0.05, 0) is 112 Å². The summed E-state index contributed by atoms with van der Waals surface area (Å²) < 4.78 is 4.89. The molecule has 0 atom stereocenters. The van der Waals surface area contributed by atoms with Gasteiger partial charge in [-0.25, -0.2) is 9.97 Å². The Kier molecular flexibility index (Phi) is 8.77. The molecule has 0 amide bonds. The summed E-state index contributed by atoms with van der Waals surface area (Å²) in [5.41, 5.74) is 18.7. The minimum atomic E-state index is -0.606. The zero-order valence-corrected chi connectivity index (χ0v) is 37.5. The number of fused-ring (bicyclic) bond motifs is 9. The molecule has 13 aromatic rings. The number of aromatic nitrogens is 4. The van der Waals surface area contributed by atoms with E-state index in [4.69, 9.17) is 9.97 Å². The lowest BCUT2D eigenvalue weighted by Crippen LogP contribution is -2.28. The van der Waals surface area contributed by atoms with Gasteiger partial charge in [0.15, 0.2) is 5.82 Å². The monoisotopic (exact) mass is 878 g/mol. The second-order valence-electron chi connectivity index (χ2n) is 18.1. The van der Waals surface area contributed by atoms with Crippen LogP contribution in [0.25, 0.3) is 100 Å². The van der Waals surface area contributed by atoms with Crippen molar-refractivity contribution in [2.24, 2.45) is 0 Å². The maximum Gasteiger partial charge on any atom is 0.160 e. The van der Waals surface area contributed by atoms with Crippen LogP contribution in [0.1, 0.15) is 22.3 Å². The first-order valence-corrected chi connectivity index (χ1v) is 23.7. The second-order valence-corrected chi connectivity index (χ2v) is 18.1. The Hall–Kier alpha value is -9.12. The van der Waals surface area contributed by atoms with Gasteiger partial charge in [0.05, 0.1) is 38.9 Å². The lowest BCUT2D eigenvalue weighted by molar-refractivity contribution is 0.770. The Morgan fingerprint density at radius 1 is 0.290 bits per heavy atom. The Labute approximate surface area is 399 Å². The van der Waals surface area contributed by atoms with Crippen molar-refractivity contribution in [2.75, 3.05) is 0 Å². The molecule has 3 aromatic heterocycles. The standard InChI is InChI=1S/C65H42N4/c1-6-20-43(21-7-1)58-42-59(44-22-8-2-9-23-44)67-64(66-58)45-34-36-49(37-35-45)69-61-33-19-17-31-51(61)55-39-56-53(40-62(55)69)52-38-54-50-30-16-18-32-60(50)68(48-28-14-5-15-29-48)63(54)41-57(52)65(56,46-24-10-3-11-25-46)47-26-12-4-13-27-47/h1-42H. The van der Waals surface area contributed by atoms with Crippen molar-refractivity contribution in [3.8, 4) is 56.4 Å². The molecule has 1 aliphatic rings. The van der Waals surface area contributed by atoms with Gasteiger partial charge in [-0.1, -0.05) is 176 Å². The summed E-state index contributed by atoms with van der Waals surface area (Å²) in [6.45, 7) is 0. The topological polar surface area (TPSA) is 35.6 Å². The first-order valence-electron chi connectivity index (χ1n) is 23.7. The Morgan fingerprint density at radius 2 is 0.710 bits per heavy atom. The number of nitrogens with zero attached hydrogens (tertiary/aromatic N) is 4. The number of para-hydroxylation sites is 3. The highest BCUT2D eigenvalue weighted by Gasteiger charge is 2.47. The van der Waals surface area contributed by atoms with E-state index >= 15 is 0 Å². The van der Waals surface area contributed by atoms with E-state index in [1.54, 1.807) is 0 Å². The van der Waals surface area contributed by atoms with Gasteiger partial charge in [0.25, 0.3) is 0 Å². The quantitative estimate of drug-likeness (QED) is 0.160. The second kappa shape index (κ2) is 15.5. The molecule has 0 bridgehead atoms. The molecule has 4 nitrogen and oxygen atoms in total. The van der Waals surface area contributed by atoms with E-state index in [0.717, 1.165) is 50.5 Å². The summed E-state index contributed by atoms with van der Waals surface area (Å²) in [5, 5.41) is 4.90. The van der Waals surface area contributed by atoms with Gasteiger partial charge in [-0.15, -0.1) is 0 Å². The zero-order valence-electron chi connectivity index (χ0n) is 37.5. The molecule has 0 saturated carbocycles. The molecule has 0 fully saturated rings. The Bertz CT molecular complexity index is 3980. The number of benzene rings is 10. The molecule has 4 heteroatoms. The van der Waals surface area contributed by atoms with Gasteiger partial charge in [0.1, 0.15) is 0 Å². The van der Waals surface area contributed by atoms with E-state index < -0.39 is 5.41 Å². The van der Waals surface area contributed by atoms with Crippen molar-refractivity contribution >= 4 is 43.6 Å². The average molecular weight is 879 g/mol. The Balaban J connectivity index is 1.02. The Morgan fingerprint density at radius 3 is 1.26 bits per heavy atom. The highest BCUT2D eigenvalue weighted by Crippen LogP contribution is 2.59. The van der Waals surface area contributed by atoms with E-state index in [1.807, 2.05) is 12.1 Å². The molecule has 0 unspecified atom stereocenters. The summed E-state index contributed by atoms with van der Waals surface area (Å²) in [5.74, 6) is 0.691. The molecule has 0 spiro atoms. The largest absolute Gasteiger partial charge is 0.309 e. The van der Waals surface area contributed by atoms with Crippen LogP contribution in [0.3, 0.4) is 0 Å². The van der Waals surface area contributed by atoms with Crippen LogP contribution in [0.5, 0.6) is 0 Å². The molecule has 0 saturated heterocycles. The smallest absolute Gasteiger partial charge is 0.160 e. The number of rotatable bonds is 7. The maximum atomic E-state index is 5.16. The molecule has 69 heavy (non-hydrogen) atoms. The van der Waals surface area contributed by atoms with Crippen molar-refractivity contribution in [1.29, 1.82) is 0 Å². The zero-order chi connectivity index (χ0) is 45.5. The van der Waals surface area contributed by atoms with Crippen molar-refractivity contribution in [1.82, 2.24) is 19.1 Å². The summed E-state index contributed by atoms with van der Waals surface area (Å²) in [6.07, 6.45) is 0. The van der Waals surface area contributed by atoms with Crippen molar-refractivity contribution in [3.05, 3.63) is 277 Å². The third-order valence-corrected chi connectivity index (χ3v) is 14.4. The van der Waals surface area contributed by atoms with E-state index in [9.17, 15) is 0 Å². The van der Waals surface area contributed by atoms with Gasteiger partial charge < -0.3 is 9.13 Å². The predicted octanol–water partition coefficient (Wildman–Crippen LogP) is 16.0. The molecule has 1 aliphatic carbocycles. The summed E-state index contributed by atoms with van der Waals surface area (Å²) in [4.78, 5) is 10.3. The van der Waals surface area contributed by atoms with E-state index in [0.29, 0.717) is 5.82 Å². The van der Waals surface area contributed by atoms with Crippen molar-refractivity contribution in [3.63, 3.8) is 0 Å². The highest BCUT2D eigenvalue weighted by atomic mass is 15.0. The van der Waals surface area contributed by atoms with Gasteiger partial charge in [-0.2, -0.15) is 0 Å². The van der Waals surface area contributed by atoms with Crippen LogP contribution in [0, 0.1) is 0 Å². The average Bonchev–Trinajstić information content (AvgIpc) is 4.04. The third-order valence-electron chi connectivity index (χ3n) is 14.4. The molecule has 3 heterocycles. The van der Waals surface area contributed by atoms with Crippen LogP contribution in [-0.2, 0) is 5.41 Å². The van der Waals surface area contributed by atoms with Gasteiger partial charge in [-0.3, -0.25) is 0 Å². The van der Waals surface area contributed by atoms with Crippen LogP contribution in [-0.4, -0.2) is 19.1 Å². The minimum absolute atomic E-state index is 0.606. The van der Waals surface area contributed by atoms with Crippen LogP contribution in [0.4, 0.5) is 0 Å². The fraction of sp³-hybridized carbons (Fsp3) is 0.0154. The van der Waals surface area contributed by atoms with E-state index in [-0.39, 0.29) is 0 Å². The maximum absolute atomic E-state index is 5.16. The molecule has 0 aliphatic heterocycles. The summed E-state index contributed by atoms with van der Waals surface area (Å²) in [6, 6.07) is 92.4. The number of hydrogen-bond acceptors (Lipinski definition) is 2. The minimum Gasteiger partial charge on any atom is -0.309 e. The molecule has 322 valence electrons. The third kappa shape index (κ3) is 5.95. The summed E-state index contributed by atoms with van der Waals surface area (Å²) >= 11 is 0. The van der Waals surface area contributed by atoms with Crippen LogP contribution in [0.15, 0.2) is 255 Å². The molecular formula is C65H42N4. The lowest BCUT2D eigenvalue weighted by atomic mass is 9.67. The van der Waals surface area contributed by atoms with Gasteiger partial charge in [0, 0.05) is 49.6 Å². The normalized spacial score (nSPS) is 12.8. The first kappa shape index (κ1) is 39.1. The van der Waals surface area contributed by atoms with Crippen molar-refractivity contribution in [2.45, 2.75) is 5.41 Å². The SMILES string of the molecule is c1ccc(-c2cc(-c3ccccc3)nc(-c3ccc(-n4c5ccccc5c5cc6c(cc54)-c4cc5c7ccccc7n(-c7ccccc7)c5cc4C6(c4ccccc4)c4ccccc4)cc3)n2)cc1. The molecule has 0 radical (unpaired) electrons. The summed E-state index contributed by atoms with van der Waals surface area (Å²) in [7, 11) is 0. The van der Waals surface area contributed by atoms with Crippen LogP contribution in [0.2, 0.25) is 0 Å². The van der Waals surface area contributed by atoms with Gasteiger partial charge in [0.2, 0.25) is 0 Å². The lowest BCUT2D eigenvalue weighted by Gasteiger charge is -2.34. The van der Waals surface area contributed by atoms with Gasteiger partial charge >= 0.3 is 0 Å².